The fourth-order valence-corrected chi connectivity index (χ4v) is 1.73. The monoisotopic (exact) mass is 518 g/mol. The number of hydrogen-bond donors (Lipinski definition) is 0. The lowest BCUT2D eigenvalue weighted by Crippen LogP contribution is -2.75. The van der Waals surface area contributed by atoms with Crippen molar-refractivity contribution in [3.63, 3.8) is 0 Å². The van der Waals surface area contributed by atoms with Crippen molar-refractivity contribution >= 4 is 5.97 Å². The van der Waals surface area contributed by atoms with Crippen molar-refractivity contribution in [2.45, 2.75) is 60.7 Å². The molecule has 0 rings (SSSR count). The molecule has 190 valence electrons. The summed E-state index contributed by atoms with van der Waals surface area (Å²) in [5.74, 6) is -59.4. The fraction of sp³-hybridized carbons (Fsp3) is 0.769. The van der Waals surface area contributed by atoms with E-state index in [0.29, 0.717) is 0 Å². The van der Waals surface area contributed by atoms with E-state index >= 15 is 0 Å². The molecule has 0 aliphatic rings. The average Bonchev–Trinajstić information content (AvgIpc) is 2.59. The van der Waals surface area contributed by atoms with Gasteiger partial charge in [0.05, 0.1) is 0 Å². The lowest BCUT2D eigenvalue weighted by molar-refractivity contribution is -0.463. The summed E-state index contributed by atoms with van der Waals surface area (Å²) in [6, 6.07) is 0. The quantitative estimate of drug-likeness (QED) is 0.209. The molecule has 2 nitrogen and oxygen atoms in total. The van der Waals surface area contributed by atoms with E-state index in [9.17, 15) is 79.4 Å². The van der Waals surface area contributed by atoms with Crippen LogP contribution in [0.1, 0.15) is 6.92 Å². The number of rotatable bonds is 9. The Bertz CT molecular complexity index is 720. The Balaban J connectivity index is 6.71. The number of halogens is 17. The van der Waals surface area contributed by atoms with Gasteiger partial charge in [-0.2, -0.15) is 74.6 Å². The number of alkyl halides is 17. The number of carbonyl (C=O) groups excluding carboxylic acids is 1. The molecule has 0 heterocycles. The highest BCUT2D eigenvalue weighted by Gasteiger charge is 2.95. The Morgan fingerprint density at radius 3 is 1.19 bits per heavy atom. The summed E-state index contributed by atoms with van der Waals surface area (Å²) in [6.07, 6.45) is -11.8. The minimum Gasteiger partial charge on any atom is -0.453 e. The molecule has 32 heavy (non-hydrogen) atoms. The van der Waals surface area contributed by atoms with E-state index in [1.807, 2.05) is 0 Å². The molecule has 0 fully saturated rings. The van der Waals surface area contributed by atoms with Crippen LogP contribution in [0.4, 0.5) is 74.6 Å². The van der Waals surface area contributed by atoms with Gasteiger partial charge in [0.2, 0.25) is 0 Å². The van der Waals surface area contributed by atoms with Crippen LogP contribution in [-0.4, -0.2) is 59.7 Å². The van der Waals surface area contributed by atoms with E-state index in [1.54, 1.807) is 0 Å². The third-order valence-corrected chi connectivity index (χ3v) is 3.72. The van der Waals surface area contributed by atoms with Crippen molar-refractivity contribution in [1.82, 2.24) is 0 Å². The maximum atomic E-state index is 13.6. The van der Waals surface area contributed by atoms with Crippen molar-refractivity contribution < 1.29 is 84.2 Å². The van der Waals surface area contributed by atoms with Crippen molar-refractivity contribution in [2.24, 2.45) is 0 Å². The summed E-state index contributed by atoms with van der Waals surface area (Å²) >= 11 is 0. The molecule has 0 saturated carbocycles. The zero-order valence-corrected chi connectivity index (χ0v) is 14.6. The molecule has 0 N–H and O–H groups in total. The predicted octanol–water partition coefficient (Wildman–Crippen LogP) is 6.11. The molecule has 0 aromatic rings. The van der Waals surface area contributed by atoms with Gasteiger partial charge >= 0.3 is 53.6 Å². The van der Waals surface area contributed by atoms with Crippen LogP contribution < -0.4 is 0 Å². The first-order valence-electron chi connectivity index (χ1n) is 7.17. The van der Waals surface area contributed by atoms with Gasteiger partial charge in [-0.25, -0.2) is 4.79 Å². The van der Waals surface area contributed by atoms with E-state index < -0.39 is 66.6 Å². The second kappa shape index (κ2) is 7.81. The Morgan fingerprint density at radius 2 is 0.906 bits per heavy atom. The van der Waals surface area contributed by atoms with E-state index in [-0.39, 0.29) is 6.08 Å². The van der Waals surface area contributed by atoms with Crippen LogP contribution in [0.15, 0.2) is 12.7 Å². The Hall–Kier alpha value is -1.98. The smallest absolute Gasteiger partial charge is 0.453 e. The molecule has 1 atom stereocenters. The molecule has 19 heteroatoms. The minimum atomic E-state index is -8.71. The molecular weight excluding hydrogens is 511 g/mol. The number of carbonyl (C=O) groups is 1. The van der Waals surface area contributed by atoms with Crippen molar-refractivity contribution in [1.29, 1.82) is 0 Å². The molecule has 0 aromatic carbocycles. The summed E-state index contributed by atoms with van der Waals surface area (Å²) < 4.78 is 225. The number of esters is 1. The lowest BCUT2D eigenvalue weighted by atomic mass is 9.88. The maximum absolute atomic E-state index is 13.6. The Labute approximate surface area is 165 Å². The molecule has 0 unspecified atom stereocenters. The van der Waals surface area contributed by atoms with Gasteiger partial charge in [0.15, 0.2) is 6.10 Å². The second-order valence-electron chi connectivity index (χ2n) is 5.85. The van der Waals surface area contributed by atoms with Gasteiger partial charge in [0.1, 0.15) is 0 Å². The first-order valence-corrected chi connectivity index (χ1v) is 7.17. The second-order valence-corrected chi connectivity index (χ2v) is 5.85. The third kappa shape index (κ3) is 3.84. The highest BCUT2D eigenvalue weighted by molar-refractivity contribution is 5.81. The molecule has 0 bridgehead atoms. The van der Waals surface area contributed by atoms with Crippen LogP contribution in [0.5, 0.6) is 0 Å². The first-order chi connectivity index (χ1) is 13.6. The maximum Gasteiger partial charge on any atom is 0.460 e. The largest absolute Gasteiger partial charge is 0.460 e. The van der Waals surface area contributed by atoms with Gasteiger partial charge in [0, 0.05) is 6.08 Å². The summed E-state index contributed by atoms with van der Waals surface area (Å²) in [5, 5.41) is 0. The van der Waals surface area contributed by atoms with Gasteiger partial charge in [-0.1, -0.05) is 6.58 Å². The van der Waals surface area contributed by atoms with Crippen LogP contribution in [0.3, 0.4) is 0 Å². The van der Waals surface area contributed by atoms with Gasteiger partial charge in [-0.15, -0.1) is 0 Å². The van der Waals surface area contributed by atoms with Crippen molar-refractivity contribution in [2.75, 3.05) is 0 Å². The zero-order valence-electron chi connectivity index (χ0n) is 14.6. The lowest BCUT2D eigenvalue weighted by Gasteiger charge is -2.43. The number of hydrogen-bond acceptors (Lipinski definition) is 2. The molecular formula is C13H7F17O2. The van der Waals surface area contributed by atoms with Crippen LogP contribution >= 0.6 is 0 Å². The highest BCUT2D eigenvalue weighted by Crippen LogP contribution is 2.64. The van der Waals surface area contributed by atoms with Crippen molar-refractivity contribution in [3.8, 4) is 0 Å². The Kier molecular flexibility index (Phi) is 7.32. The molecule has 0 amide bonds. The standard InChI is InChI=1S/C13H7F17O2/c1-3-5(31)32-4(2)6(14,15)7(16,17)8(18,19)9(20,21)10(22,23)11(24,25)12(26,27)13(28,29)30/h3-4H,1H2,2H3/t4-/m0/s1. The zero-order chi connectivity index (χ0) is 26.6. The highest BCUT2D eigenvalue weighted by atomic mass is 19.4. The Morgan fingerprint density at radius 1 is 0.625 bits per heavy atom. The molecule has 0 saturated heterocycles. The van der Waals surface area contributed by atoms with Gasteiger partial charge in [0.25, 0.3) is 0 Å². The molecule has 0 aliphatic carbocycles. The molecule has 0 aromatic heterocycles. The summed E-state index contributed by atoms with van der Waals surface area (Å²) in [7, 11) is 0. The van der Waals surface area contributed by atoms with Crippen LogP contribution in [0, 0.1) is 0 Å². The van der Waals surface area contributed by atoms with Gasteiger partial charge < -0.3 is 4.74 Å². The molecule has 0 radical (unpaired) electrons. The summed E-state index contributed by atoms with van der Waals surface area (Å²) in [5.41, 5.74) is 0. The minimum absolute atomic E-state index is 0.0641. The predicted molar refractivity (Wildman–Crippen MR) is 66.4 cm³/mol. The van der Waals surface area contributed by atoms with E-state index in [4.69, 9.17) is 0 Å². The van der Waals surface area contributed by atoms with Gasteiger partial charge in [-0.3, -0.25) is 0 Å². The fourth-order valence-electron chi connectivity index (χ4n) is 1.73. The summed E-state index contributed by atoms with van der Waals surface area (Å²) in [4.78, 5) is 10.7. The normalized spacial score (nSPS) is 16.6. The van der Waals surface area contributed by atoms with E-state index in [2.05, 4.69) is 11.3 Å². The van der Waals surface area contributed by atoms with Crippen LogP contribution in [0.2, 0.25) is 0 Å². The topological polar surface area (TPSA) is 26.3 Å². The first kappa shape index (κ1) is 30.0. The molecule has 0 aliphatic heterocycles. The third-order valence-electron chi connectivity index (χ3n) is 3.72. The molecule has 0 spiro atoms. The van der Waals surface area contributed by atoms with Crippen LogP contribution in [0.25, 0.3) is 0 Å². The van der Waals surface area contributed by atoms with E-state index in [1.165, 1.54) is 0 Å². The number of ether oxygens (including phenoxy) is 1. The van der Waals surface area contributed by atoms with Gasteiger partial charge in [-0.05, 0) is 6.92 Å². The average molecular weight is 518 g/mol. The van der Waals surface area contributed by atoms with Crippen LogP contribution in [-0.2, 0) is 9.53 Å². The SMILES string of the molecule is C=CC(=O)O[C@@H](C)C(F)(F)C(F)(F)C(F)(F)C(F)(F)C(F)(F)C(F)(F)C(F)(F)C(F)(F)F. The van der Waals surface area contributed by atoms with E-state index in [0.717, 1.165) is 0 Å². The summed E-state index contributed by atoms with van der Waals surface area (Å²) in [6.45, 7) is 2.13. The van der Waals surface area contributed by atoms with Crippen molar-refractivity contribution in [3.05, 3.63) is 12.7 Å².